The molecule has 1 aromatic carbocycles. The summed E-state index contributed by atoms with van der Waals surface area (Å²) in [7, 11) is 0. The van der Waals surface area contributed by atoms with E-state index >= 15 is 0 Å². The molecule has 0 aliphatic heterocycles. The maximum atomic E-state index is 13.0. The third-order valence-corrected chi connectivity index (χ3v) is 4.78. The van der Waals surface area contributed by atoms with Crippen molar-refractivity contribution in [3.05, 3.63) is 52.2 Å². The van der Waals surface area contributed by atoms with Crippen LogP contribution in [0.5, 0.6) is 0 Å². The van der Waals surface area contributed by atoms with Gasteiger partial charge in [0.1, 0.15) is 0 Å². The summed E-state index contributed by atoms with van der Waals surface area (Å²) in [4.78, 5) is 28.6. The fourth-order valence-electron chi connectivity index (χ4n) is 2.34. The molecule has 7 nitrogen and oxygen atoms in total. The first-order valence-electron chi connectivity index (χ1n) is 8.41. The van der Waals surface area contributed by atoms with Crippen LogP contribution in [0.3, 0.4) is 0 Å². The molecule has 0 aliphatic rings. The first-order chi connectivity index (χ1) is 14.2. The van der Waals surface area contributed by atoms with Gasteiger partial charge in [0.2, 0.25) is 11.7 Å². The predicted molar refractivity (Wildman–Crippen MR) is 102 cm³/mol. The minimum Gasteiger partial charge on any atom is -0.456 e. The molecule has 3 aromatic rings. The molecule has 0 saturated heterocycles. The number of carbonyl (C=O) groups excluding carboxylic acids is 2. The van der Waals surface area contributed by atoms with E-state index in [4.69, 9.17) is 20.9 Å². The van der Waals surface area contributed by atoms with Gasteiger partial charge in [-0.25, -0.2) is 0 Å². The predicted octanol–water partition coefficient (Wildman–Crippen LogP) is 4.58. The zero-order chi connectivity index (χ0) is 21.7. The molecule has 30 heavy (non-hydrogen) atoms. The van der Waals surface area contributed by atoms with Crippen molar-refractivity contribution >= 4 is 40.5 Å². The van der Waals surface area contributed by atoms with E-state index in [1.54, 1.807) is 0 Å². The number of aryl methyl sites for hydroxylation is 1. The minimum atomic E-state index is -4.71. The number of esters is 1. The quantitative estimate of drug-likeness (QED) is 0.519. The second-order valence-corrected chi connectivity index (χ2v) is 7.27. The van der Waals surface area contributed by atoms with Crippen molar-refractivity contribution in [2.45, 2.75) is 19.0 Å². The van der Waals surface area contributed by atoms with Crippen LogP contribution >= 0.6 is 22.9 Å². The molecular formula is C18H13ClF3N3O4S. The summed E-state index contributed by atoms with van der Waals surface area (Å²) < 4.78 is 48.9. The van der Waals surface area contributed by atoms with Crippen LogP contribution in [-0.2, 0) is 26.9 Å². The number of benzene rings is 1. The molecule has 2 aromatic heterocycles. The van der Waals surface area contributed by atoms with Crippen molar-refractivity contribution < 1.29 is 32.0 Å². The molecule has 158 valence electrons. The number of hydrogen-bond acceptors (Lipinski definition) is 7. The van der Waals surface area contributed by atoms with Crippen LogP contribution in [0.1, 0.15) is 17.9 Å². The zero-order valence-electron chi connectivity index (χ0n) is 15.0. The normalized spacial score (nSPS) is 11.3. The number of aromatic nitrogens is 2. The van der Waals surface area contributed by atoms with Gasteiger partial charge in [0.25, 0.3) is 5.91 Å². The highest BCUT2D eigenvalue weighted by atomic mass is 35.5. The number of nitrogens with one attached hydrogen (secondary N) is 1. The van der Waals surface area contributed by atoms with Crippen molar-refractivity contribution in [2.75, 3.05) is 11.9 Å². The number of hydrogen-bond donors (Lipinski definition) is 1. The molecule has 3 rings (SSSR count). The lowest BCUT2D eigenvalue weighted by atomic mass is 10.1. The number of ether oxygens (including phenoxy) is 1. The van der Waals surface area contributed by atoms with Gasteiger partial charge < -0.3 is 14.6 Å². The summed E-state index contributed by atoms with van der Waals surface area (Å²) in [6.45, 7) is -0.747. The highest BCUT2D eigenvalue weighted by molar-refractivity contribution is 7.13. The van der Waals surface area contributed by atoms with Gasteiger partial charge >= 0.3 is 12.1 Å². The van der Waals surface area contributed by atoms with Crippen LogP contribution in [0.15, 0.2) is 40.2 Å². The first kappa shape index (κ1) is 21.8. The minimum absolute atomic E-state index is 0.0915. The Hall–Kier alpha value is -2.92. The number of halogens is 4. The lowest BCUT2D eigenvalue weighted by Gasteiger charge is -2.14. The van der Waals surface area contributed by atoms with Gasteiger partial charge in [0, 0.05) is 11.4 Å². The Morgan fingerprint density at radius 2 is 2.07 bits per heavy atom. The van der Waals surface area contributed by atoms with Gasteiger partial charge in [-0.3, -0.25) is 9.59 Å². The molecule has 0 unspecified atom stereocenters. The standard InChI is InChI=1S/C18H13ClF3N3O4S/c19-10-3-4-12(11(8-10)18(20,21)22)23-14(26)9-28-16(27)6-5-15-24-17(25-29-15)13-2-1-7-30-13/h1-4,7-8H,5-6,9H2,(H,23,26). The van der Waals surface area contributed by atoms with Gasteiger partial charge in [0.05, 0.1) is 22.5 Å². The summed E-state index contributed by atoms with van der Waals surface area (Å²) in [5.74, 6) is -1.05. The van der Waals surface area contributed by atoms with Crippen molar-refractivity contribution in [3.8, 4) is 10.7 Å². The maximum Gasteiger partial charge on any atom is 0.418 e. The fourth-order valence-corrected chi connectivity index (χ4v) is 3.16. The number of rotatable bonds is 7. The number of carbonyl (C=O) groups is 2. The molecule has 1 amide bonds. The highest BCUT2D eigenvalue weighted by Crippen LogP contribution is 2.36. The van der Waals surface area contributed by atoms with Crippen LogP contribution in [0, 0.1) is 0 Å². The third-order valence-electron chi connectivity index (χ3n) is 3.68. The third kappa shape index (κ3) is 5.80. The molecule has 0 aliphatic carbocycles. The second kappa shape index (κ2) is 9.26. The summed E-state index contributed by atoms with van der Waals surface area (Å²) in [5, 5.41) is 7.58. The number of thiophene rings is 1. The Labute approximate surface area is 176 Å². The van der Waals surface area contributed by atoms with E-state index in [1.165, 1.54) is 17.4 Å². The maximum absolute atomic E-state index is 13.0. The molecule has 2 heterocycles. The Bertz CT molecular complexity index is 1040. The number of nitrogens with zero attached hydrogens (tertiary/aromatic N) is 2. The Kier molecular flexibility index (Phi) is 6.73. The van der Waals surface area contributed by atoms with Crippen LogP contribution < -0.4 is 5.32 Å². The van der Waals surface area contributed by atoms with Crippen molar-refractivity contribution in [1.29, 1.82) is 0 Å². The van der Waals surface area contributed by atoms with Gasteiger partial charge in [-0.1, -0.05) is 22.8 Å². The number of amides is 1. The highest BCUT2D eigenvalue weighted by Gasteiger charge is 2.34. The molecule has 0 fully saturated rings. The second-order valence-electron chi connectivity index (χ2n) is 5.89. The average Bonchev–Trinajstić information content (AvgIpc) is 3.37. The van der Waals surface area contributed by atoms with Crippen LogP contribution in [0.4, 0.5) is 18.9 Å². The molecule has 1 N–H and O–H groups in total. The largest absolute Gasteiger partial charge is 0.456 e. The topological polar surface area (TPSA) is 94.3 Å². The van der Waals surface area contributed by atoms with E-state index in [0.29, 0.717) is 11.9 Å². The summed E-state index contributed by atoms with van der Waals surface area (Å²) in [5.41, 5.74) is -1.59. The van der Waals surface area contributed by atoms with E-state index < -0.39 is 35.9 Å². The van der Waals surface area contributed by atoms with E-state index in [0.717, 1.165) is 10.9 Å². The molecule has 0 spiro atoms. The Morgan fingerprint density at radius 3 is 2.77 bits per heavy atom. The average molecular weight is 460 g/mol. The van der Waals surface area contributed by atoms with Crippen molar-refractivity contribution in [3.63, 3.8) is 0 Å². The summed E-state index contributed by atoms with van der Waals surface area (Å²) in [6.07, 6.45) is -4.77. The van der Waals surface area contributed by atoms with E-state index in [9.17, 15) is 22.8 Å². The van der Waals surface area contributed by atoms with Crippen LogP contribution in [-0.4, -0.2) is 28.6 Å². The fraction of sp³-hybridized carbons (Fsp3) is 0.222. The zero-order valence-corrected chi connectivity index (χ0v) is 16.6. The van der Waals surface area contributed by atoms with Gasteiger partial charge in [-0.2, -0.15) is 18.2 Å². The lowest BCUT2D eigenvalue weighted by molar-refractivity contribution is -0.147. The molecule has 0 bridgehead atoms. The summed E-state index contributed by atoms with van der Waals surface area (Å²) >= 11 is 7.01. The first-order valence-corrected chi connectivity index (χ1v) is 9.67. The lowest BCUT2D eigenvalue weighted by Crippen LogP contribution is -2.22. The molecule has 0 atom stereocenters. The van der Waals surface area contributed by atoms with Gasteiger partial charge in [-0.05, 0) is 29.6 Å². The van der Waals surface area contributed by atoms with Crippen LogP contribution in [0.2, 0.25) is 5.02 Å². The van der Waals surface area contributed by atoms with Crippen molar-refractivity contribution in [1.82, 2.24) is 10.1 Å². The van der Waals surface area contributed by atoms with Crippen LogP contribution in [0.25, 0.3) is 10.7 Å². The molecule has 12 heteroatoms. The van der Waals surface area contributed by atoms with Gasteiger partial charge in [-0.15, -0.1) is 11.3 Å². The smallest absolute Gasteiger partial charge is 0.418 e. The Morgan fingerprint density at radius 1 is 1.27 bits per heavy atom. The molecule has 0 saturated carbocycles. The Balaban J connectivity index is 1.48. The van der Waals surface area contributed by atoms with E-state index in [1.807, 2.05) is 17.5 Å². The van der Waals surface area contributed by atoms with E-state index in [-0.39, 0.29) is 23.8 Å². The monoisotopic (exact) mass is 459 g/mol. The van der Waals surface area contributed by atoms with E-state index in [2.05, 4.69) is 15.5 Å². The molecule has 0 radical (unpaired) electrons. The molecular weight excluding hydrogens is 447 g/mol. The summed E-state index contributed by atoms with van der Waals surface area (Å²) in [6, 6.07) is 6.56. The van der Waals surface area contributed by atoms with Crippen molar-refractivity contribution in [2.24, 2.45) is 0 Å². The number of anilines is 1. The van der Waals surface area contributed by atoms with Gasteiger partial charge in [0.15, 0.2) is 6.61 Å². The number of alkyl halides is 3. The SMILES string of the molecule is O=C(COC(=O)CCc1nc(-c2cccs2)no1)Nc1ccc(Cl)cc1C(F)(F)F.